The van der Waals surface area contributed by atoms with Crippen LogP contribution in [-0.2, 0) is 0 Å². The minimum absolute atomic E-state index is 0.289. The fraction of sp³-hybridized carbons (Fsp3) is 0. The van der Waals surface area contributed by atoms with Crippen LogP contribution in [0.2, 0.25) is 0 Å². The summed E-state index contributed by atoms with van der Waals surface area (Å²) >= 11 is 0. The van der Waals surface area contributed by atoms with Crippen molar-refractivity contribution < 1.29 is 4.39 Å². The van der Waals surface area contributed by atoms with E-state index in [1.807, 2.05) is 36.4 Å². The molecule has 4 rings (SSSR count). The Hall–Kier alpha value is -3.01. The largest absolute Gasteiger partial charge is 0.383 e. The molecular weight excluding hydrogens is 277 g/mol. The fourth-order valence-electron chi connectivity index (χ4n) is 2.62. The number of hydrogen-bond donors (Lipinski definition) is 1. The summed E-state index contributed by atoms with van der Waals surface area (Å²) in [7, 11) is 0. The summed E-state index contributed by atoms with van der Waals surface area (Å²) in [6.45, 7) is 0. The first-order chi connectivity index (χ1) is 10.7. The number of hydrogen-bond acceptors (Lipinski definition) is 3. The van der Waals surface area contributed by atoms with E-state index in [2.05, 4.69) is 9.97 Å². The number of anilines is 1. The standard InChI is InChI=1S/C18H12FN3/c19-13-8-5-12(6-9-13)18-21-16-14-4-2-1-3-11(14)7-10-15(16)17(20)22-18/h1-10H,(H2,20,21,22). The van der Waals surface area contributed by atoms with Crippen LogP contribution < -0.4 is 5.73 Å². The molecule has 3 nitrogen and oxygen atoms in total. The molecule has 0 saturated carbocycles. The predicted molar refractivity (Wildman–Crippen MR) is 86.9 cm³/mol. The number of nitrogens with two attached hydrogens (primary N) is 1. The molecule has 4 aromatic rings. The van der Waals surface area contributed by atoms with Gasteiger partial charge in [-0.25, -0.2) is 14.4 Å². The third kappa shape index (κ3) is 1.97. The third-order valence-electron chi connectivity index (χ3n) is 3.72. The highest BCUT2D eigenvalue weighted by atomic mass is 19.1. The summed E-state index contributed by atoms with van der Waals surface area (Å²) in [5.41, 5.74) is 7.64. The molecule has 0 aliphatic heterocycles. The number of halogens is 1. The van der Waals surface area contributed by atoms with Gasteiger partial charge in [-0.1, -0.05) is 30.3 Å². The molecule has 0 saturated heterocycles. The zero-order chi connectivity index (χ0) is 15.1. The summed E-state index contributed by atoms with van der Waals surface area (Å²) in [6, 6.07) is 18.0. The Morgan fingerprint density at radius 3 is 2.36 bits per heavy atom. The Morgan fingerprint density at radius 2 is 1.55 bits per heavy atom. The Labute approximate surface area is 126 Å². The quantitative estimate of drug-likeness (QED) is 0.535. The molecule has 0 spiro atoms. The van der Waals surface area contributed by atoms with Crippen molar-refractivity contribution in [1.29, 1.82) is 0 Å². The maximum atomic E-state index is 13.1. The monoisotopic (exact) mass is 289 g/mol. The lowest BCUT2D eigenvalue weighted by molar-refractivity contribution is 0.628. The second kappa shape index (κ2) is 4.77. The molecule has 1 heterocycles. The Kier molecular flexibility index (Phi) is 2.76. The second-order valence-electron chi connectivity index (χ2n) is 5.12. The van der Waals surface area contributed by atoms with E-state index in [9.17, 15) is 4.39 Å². The van der Waals surface area contributed by atoms with Gasteiger partial charge in [-0.3, -0.25) is 0 Å². The van der Waals surface area contributed by atoms with E-state index in [4.69, 9.17) is 5.73 Å². The molecule has 22 heavy (non-hydrogen) atoms. The van der Waals surface area contributed by atoms with Gasteiger partial charge < -0.3 is 5.73 Å². The first-order valence-corrected chi connectivity index (χ1v) is 6.93. The van der Waals surface area contributed by atoms with E-state index in [0.29, 0.717) is 11.6 Å². The highest BCUT2D eigenvalue weighted by molar-refractivity contribution is 6.08. The minimum Gasteiger partial charge on any atom is -0.383 e. The first kappa shape index (κ1) is 12.7. The molecule has 0 fully saturated rings. The van der Waals surface area contributed by atoms with Crippen molar-refractivity contribution in [2.45, 2.75) is 0 Å². The number of rotatable bonds is 1. The molecule has 2 N–H and O–H groups in total. The van der Waals surface area contributed by atoms with E-state index in [0.717, 1.165) is 27.2 Å². The summed E-state index contributed by atoms with van der Waals surface area (Å²) in [6.07, 6.45) is 0. The number of fused-ring (bicyclic) bond motifs is 3. The SMILES string of the molecule is Nc1nc(-c2ccc(F)cc2)nc2c1ccc1ccccc12. The van der Waals surface area contributed by atoms with Crippen molar-refractivity contribution in [3.8, 4) is 11.4 Å². The zero-order valence-corrected chi connectivity index (χ0v) is 11.6. The van der Waals surface area contributed by atoms with Crippen molar-refractivity contribution in [3.63, 3.8) is 0 Å². The van der Waals surface area contributed by atoms with Crippen molar-refractivity contribution in [2.24, 2.45) is 0 Å². The fourth-order valence-corrected chi connectivity index (χ4v) is 2.62. The van der Waals surface area contributed by atoms with Crippen LogP contribution in [0.3, 0.4) is 0 Å². The highest BCUT2D eigenvalue weighted by Crippen LogP contribution is 2.29. The highest BCUT2D eigenvalue weighted by Gasteiger charge is 2.10. The molecule has 0 atom stereocenters. The summed E-state index contributed by atoms with van der Waals surface area (Å²) < 4.78 is 13.1. The Bertz CT molecular complexity index is 994. The first-order valence-electron chi connectivity index (χ1n) is 6.93. The molecule has 0 unspecified atom stereocenters. The van der Waals surface area contributed by atoms with Crippen molar-refractivity contribution in [3.05, 3.63) is 66.5 Å². The van der Waals surface area contributed by atoms with Crippen LogP contribution in [0.25, 0.3) is 33.1 Å². The molecule has 0 radical (unpaired) electrons. The van der Waals surface area contributed by atoms with Gasteiger partial charge in [0.1, 0.15) is 11.6 Å². The summed E-state index contributed by atoms with van der Waals surface area (Å²) in [5, 5.41) is 2.94. The number of benzene rings is 3. The van der Waals surface area contributed by atoms with Crippen LogP contribution in [0.5, 0.6) is 0 Å². The maximum Gasteiger partial charge on any atom is 0.162 e. The Balaban J connectivity index is 2.05. The molecule has 0 bridgehead atoms. The van der Waals surface area contributed by atoms with Gasteiger partial charge in [0.15, 0.2) is 5.82 Å². The zero-order valence-electron chi connectivity index (χ0n) is 11.6. The van der Waals surface area contributed by atoms with Crippen LogP contribution in [-0.4, -0.2) is 9.97 Å². The van der Waals surface area contributed by atoms with Gasteiger partial charge in [0, 0.05) is 16.3 Å². The van der Waals surface area contributed by atoms with Gasteiger partial charge in [0.2, 0.25) is 0 Å². The van der Waals surface area contributed by atoms with Crippen LogP contribution in [0.4, 0.5) is 10.2 Å². The van der Waals surface area contributed by atoms with Crippen molar-refractivity contribution in [2.75, 3.05) is 5.73 Å². The predicted octanol–water partition coefficient (Wildman–Crippen LogP) is 4.17. The average molecular weight is 289 g/mol. The van der Waals surface area contributed by atoms with E-state index in [-0.39, 0.29) is 5.82 Å². The smallest absolute Gasteiger partial charge is 0.162 e. The van der Waals surface area contributed by atoms with E-state index >= 15 is 0 Å². The van der Waals surface area contributed by atoms with Gasteiger partial charge in [0.05, 0.1) is 5.52 Å². The molecule has 3 aromatic carbocycles. The second-order valence-corrected chi connectivity index (χ2v) is 5.12. The minimum atomic E-state index is -0.289. The average Bonchev–Trinajstić information content (AvgIpc) is 2.55. The topological polar surface area (TPSA) is 51.8 Å². The summed E-state index contributed by atoms with van der Waals surface area (Å²) in [5.74, 6) is 0.638. The van der Waals surface area contributed by atoms with Crippen LogP contribution >= 0.6 is 0 Å². The molecule has 4 heteroatoms. The molecule has 106 valence electrons. The lowest BCUT2D eigenvalue weighted by Gasteiger charge is -2.08. The van der Waals surface area contributed by atoms with Gasteiger partial charge in [-0.05, 0) is 35.7 Å². The van der Waals surface area contributed by atoms with Gasteiger partial charge in [0.25, 0.3) is 0 Å². The maximum absolute atomic E-state index is 13.1. The molecule has 0 amide bonds. The summed E-state index contributed by atoms with van der Waals surface area (Å²) in [4.78, 5) is 9.00. The lowest BCUT2D eigenvalue weighted by atomic mass is 10.1. The molecule has 0 aliphatic rings. The van der Waals surface area contributed by atoms with Crippen molar-refractivity contribution >= 4 is 27.5 Å². The van der Waals surface area contributed by atoms with Crippen LogP contribution in [0.15, 0.2) is 60.7 Å². The number of nitrogen functional groups attached to an aromatic ring is 1. The van der Waals surface area contributed by atoms with Crippen molar-refractivity contribution in [1.82, 2.24) is 9.97 Å². The van der Waals surface area contributed by atoms with Gasteiger partial charge in [-0.2, -0.15) is 0 Å². The molecule has 0 aliphatic carbocycles. The normalized spacial score (nSPS) is 11.1. The van der Waals surface area contributed by atoms with E-state index < -0.39 is 0 Å². The van der Waals surface area contributed by atoms with E-state index in [1.165, 1.54) is 12.1 Å². The number of aromatic nitrogens is 2. The number of nitrogens with zero attached hydrogens (tertiary/aromatic N) is 2. The lowest BCUT2D eigenvalue weighted by Crippen LogP contribution is -1.98. The molecular formula is C18H12FN3. The molecule has 1 aromatic heterocycles. The van der Waals surface area contributed by atoms with Crippen LogP contribution in [0, 0.1) is 5.82 Å². The van der Waals surface area contributed by atoms with Gasteiger partial charge in [-0.15, -0.1) is 0 Å². The van der Waals surface area contributed by atoms with Crippen LogP contribution in [0.1, 0.15) is 0 Å². The Morgan fingerprint density at radius 1 is 0.773 bits per heavy atom. The van der Waals surface area contributed by atoms with E-state index in [1.54, 1.807) is 12.1 Å². The third-order valence-corrected chi connectivity index (χ3v) is 3.72. The van der Waals surface area contributed by atoms with Gasteiger partial charge >= 0.3 is 0 Å².